The molecule has 0 radical (unpaired) electrons. The van der Waals surface area contributed by atoms with Gasteiger partial charge in [0.15, 0.2) is 0 Å². The molecule has 0 aliphatic carbocycles. The van der Waals surface area contributed by atoms with Crippen LogP contribution in [0.5, 0.6) is 0 Å². The van der Waals surface area contributed by atoms with Crippen molar-refractivity contribution in [1.82, 2.24) is 0 Å². The largest absolute Gasteiger partial charge is 0.510 e. The highest BCUT2D eigenvalue weighted by Crippen LogP contribution is 2.01. The number of halogens is 1. The molecular weight excluding hydrogens is 299 g/mol. The predicted octanol–water partition coefficient (Wildman–Crippen LogP) is 2.66. The first-order chi connectivity index (χ1) is 6.83. The Kier molecular flexibility index (Phi) is 5.31. The van der Waals surface area contributed by atoms with Gasteiger partial charge in [0, 0.05) is 0 Å². The highest BCUT2D eigenvalue weighted by molar-refractivity contribution is 14.1. The summed E-state index contributed by atoms with van der Waals surface area (Å²) >= 11 is 1.63. The van der Waals surface area contributed by atoms with Crippen molar-refractivity contribution >= 4 is 29.2 Å². The second kappa shape index (κ2) is 6.61. The van der Waals surface area contributed by atoms with Gasteiger partial charge in [-0.25, -0.2) is 4.79 Å². The van der Waals surface area contributed by atoms with Gasteiger partial charge in [0.1, 0.15) is 29.6 Å². The monoisotopic (exact) mass is 308 g/mol. The van der Waals surface area contributed by atoms with Gasteiger partial charge >= 0.3 is 6.16 Å². The first-order valence-corrected chi connectivity index (χ1v) is 4.78. The highest BCUT2D eigenvalue weighted by atomic mass is 127. The van der Waals surface area contributed by atoms with E-state index in [2.05, 4.69) is 7.80 Å². The lowest BCUT2D eigenvalue weighted by atomic mass is 10.2. The fourth-order valence-corrected chi connectivity index (χ4v) is 0.956. The van der Waals surface area contributed by atoms with Crippen LogP contribution in [0.4, 0.5) is 4.79 Å². The molecule has 0 saturated carbocycles. The van der Waals surface area contributed by atoms with E-state index in [1.165, 1.54) is 0 Å². The summed E-state index contributed by atoms with van der Waals surface area (Å²) in [5.41, 5.74) is 0.917. The zero-order chi connectivity index (χ0) is 10.2. The van der Waals surface area contributed by atoms with E-state index in [9.17, 15) is 4.79 Å². The van der Waals surface area contributed by atoms with Crippen LogP contribution in [0.15, 0.2) is 30.3 Å². The number of carbonyl (C=O) groups is 1. The predicted molar refractivity (Wildman–Crippen MR) is 57.7 cm³/mol. The maximum Gasteiger partial charge on any atom is 0.510 e. The fourth-order valence-electron chi connectivity index (χ4n) is 0.829. The van der Waals surface area contributed by atoms with Gasteiger partial charge < -0.3 is 9.47 Å². The molecule has 76 valence electrons. The Morgan fingerprint density at radius 1 is 1.21 bits per heavy atom. The van der Waals surface area contributed by atoms with Crippen LogP contribution in [0.25, 0.3) is 0 Å². The Morgan fingerprint density at radius 2 is 1.93 bits per heavy atom. The zero-order valence-electron chi connectivity index (χ0n) is 7.31. The van der Waals surface area contributed by atoms with E-state index in [1.807, 2.05) is 30.3 Å². The summed E-state index contributed by atoms with van der Waals surface area (Å²) in [4.78, 5) is 10.8. The van der Waals surface area contributed by atoms with Crippen LogP contribution in [-0.4, -0.2) is 12.9 Å². The number of hydrogen-bond donors (Lipinski definition) is 0. The van der Waals surface area contributed by atoms with Crippen molar-refractivity contribution in [3.8, 4) is 0 Å². The third-order valence-electron chi connectivity index (χ3n) is 1.42. The molecule has 0 spiro atoms. The molecular formula is C9H9IO4. The van der Waals surface area contributed by atoms with Gasteiger partial charge in [0.25, 0.3) is 0 Å². The average molecular weight is 308 g/mol. The van der Waals surface area contributed by atoms with Gasteiger partial charge in [-0.05, 0) is 5.56 Å². The Bertz CT molecular complexity index is 275. The molecule has 0 aliphatic heterocycles. The van der Waals surface area contributed by atoms with Gasteiger partial charge in [-0.15, -0.1) is 0 Å². The maximum absolute atomic E-state index is 10.8. The minimum absolute atomic E-state index is 0.103. The van der Waals surface area contributed by atoms with E-state index >= 15 is 0 Å². The van der Waals surface area contributed by atoms with E-state index in [0.29, 0.717) is 0 Å². The van der Waals surface area contributed by atoms with E-state index in [0.717, 1.165) is 5.56 Å². The minimum atomic E-state index is -0.731. The molecule has 0 N–H and O–H groups in total. The van der Waals surface area contributed by atoms with Crippen molar-refractivity contribution in [2.45, 2.75) is 6.61 Å². The number of ether oxygens (including phenoxy) is 2. The van der Waals surface area contributed by atoms with Crippen molar-refractivity contribution < 1.29 is 17.3 Å². The van der Waals surface area contributed by atoms with Crippen LogP contribution in [0.1, 0.15) is 5.56 Å². The van der Waals surface area contributed by atoms with E-state index < -0.39 is 6.16 Å². The Balaban J connectivity index is 2.24. The SMILES string of the molecule is O=C(OCOI)OCc1ccccc1. The second-order valence-corrected chi connectivity index (χ2v) is 3.02. The fraction of sp³-hybridized carbons (Fsp3) is 0.222. The van der Waals surface area contributed by atoms with Crippen LogP contribution < -0.4 is 0 Å². The molecule has 0 atom stereocenters. The standard InChI is InChI=1S/C9H9IO4/c10-14-7-13-9(11)12-6-8-4-2-1-3-5-8/h1-5H,6-7H2. The summed E-state index contributed by atoms with van der Waals surface area (Å²) in [5.74, 6) is 0. The Labute approximate surface area is 95.8 Å². The summed E-state index contributed by atoms with van der Waals surface area (Å²) in [7, 11) is 0. The highest BCUT2D eigenvalue weighted by Gasteiger charge is 2.02. The molecule has 0 aromatic heterocycles. The third-order valence-corrected chi connectivity index (χ3v) is 1.68. The number of carbonyl (C=O) groups excluding carboxylic acids is 1. The summed E-state index contributed by atoms with van der Waals surface area (Å²) in [6.07, 6.45) is -0.731. The molecule has 0 unspecified atom stereocenters. The van der Waals surface area contributed by atoms with Crippen LogP contribution >= 0.6 is 23.0 Å². The van der Waals surface area contributed by atoms with Gasteiger partial charge in [0.05, 0.1) is 0 Å². The molecule has 0 heterocycles. The molecule has 0 saturated heterocycles. The van der Waals surface area contributed by atoms with E-state index in [-0.39, 0.29) is 13.4 Å². The zero-order valence-corrected chi connectivity index (χ0v) is 9.47. The Hall–Kier alpha value is -0.820. The van der Waals surface area contributed by atoms with Crippen LogP contribution in [-0.2, 0) is 19.1 Å². The summed E-state index contributed by atoms with van der Waals surface area (Å²) < 4.78 is 13.8. The molecule has 14 heavy (non-hydrogen) atoms. The first kappa shape index (κ1) is 11.3. The van der Waals surface area contributed by atoms with Crippen LogP contribution in [0.3, 0.4) is 0 Å². The van der Waals surface area contributed by atoms with Gasteiger partial charge in [-0.3, -0.25) is 3.07 Å². The first-order valence-electron chi connectivity index (χ1n) is 3.90. The normalized spacial score (nSPS) is 9.50. The van der Waals surface area contributed by atoms with Crippen LogP contribution in [0.2, 0.25) is 0 Å². The molecule has 5 heteroatoms. The second-order valence-electron chi connectivity index (χ2n) is 2.40. The molecule has 1 aromatic rings. The topological polar surface area (TPSA) is 44.8 Å². The quantitative estimate of drug-likeness (QED) is 0.487. The van der Waals surface area contributed by atoms with Gasteiger partial charge in [-0.1, -0.05) is 30.3 Å². The molecule has 1 aromatic carbocycles. The molecule has 1 rings (SSSR count). The Morgan fingerprint density at radius 3 is 2.57 bits per heavy atom. The molecule has 0 amide bonds. The van der Waals surface area contributed by atoms with Crippen molar-refractivity contribution in [1.29, 1.82) is 0 Å². The number of rotatable bonds is 4. The molecule has 0 aliphatic rings. The number of hydrogen-bond acceptors (Lipinski definition) is 4. The third kappa shape index (κ3) is 4.43. The van der Waals surface area contributed by atoms with Gasteiger partial charge in [-0.2, -0.15) is 0 Å². The molecule has 4 nitrogen and oxygen atoms in total. The summed E-state index contributed by atoms with van der Waals surface area (Å²) in [6, 6.07) is 9.37. The van der Waals surface area contributed by atoms with Crippen molar-refractivity contribution in [3.63, 3.8) is 0 Å². The van der Waals surface area contributed by atoms with Crippen molar-refractivity contribution in [3.05, 3.63) is 35.9 Å². The maximum atomic E-state index is 10.8. The minimum Gasteiger partial charge on any atom is -0.429 e. The number of benzene rings is 1. The smallest absolute Gasteiger partial charge is 0.429 e. The van der Waals surface area contributed by atoms with E-state index in [4.69, 9.17) is 4.74 Å². The summed E-state index contributed by atoms with van der Waals surface area (Å²) in [6.45, 7) is 0.106. The average Bonchev–Trinajstić information content (AvgIpc) is 2.25. The van der Waals surface area contributed by atoms with Crippen molar-refractivity contribution in [2.24, 2.45) is 0 Å². The molecule has 0 bridgehead atoms. The summed E-state index contributed by atoms with van der Waals surface area (Å²) in [5, 5.41) is 0. The van der Waals surface area contributed by atoms with Crippen molar-refractivity contribution in [2.75, 3.05) is 6.79 Å². The lowest BCUT2D eigenvalue weighted by Crippen LogP contribution is -2.08. The lowest BCUT2D eigenvalue weighted by molar-refractivity contribution is 0.0149. The lowest BCUT2D eigenvalue weighted by Gasteiger charge is -2.04. The van der Waals surface area contributed by atoms with Gasteiger partial charge in [0.2, 0.25) is 6.79 Å². The van der Waals surface area contributed by atoms with E-state index in [1.54, 1.807) is 23.0 Å². The molecule has 0 fully saturated rings. The van der Waals surface area contributed by atoms with Crippen LogP contribution in [0, 0.1) is 0 Å².